The standard InChI is InChI=1S/C24H21N3O3/c28-24(20-16-22(30-26-20)17-6-2-1-3-7-17)27-14-11-19(12-15-27)29-21-10-4-8-18-9-5-13-25-23(18)21/h1-10,13,16,19H,11-12,14-15H2. The molecule has 3 heterocycles. The topological polar surface area (TPSA) is 68.5 Å². The number of para-hydroxylation sites is 1. The van der Waals surface area contributed by atoms with Crippen LogP contribution < -0.4 is 4.74 Å². The summed E-state index contributed by atoms with van der Waals surface area (Å²) in [6.07, 6.45) is 3.35. The Morgan fingerprint density at radius 1 is 1.00 bits per heavy atom. The number of piperidine rings is 1. The zero-order chi connectivity index (χ0) is 20.3. The molecule has 2 aromatic carbocycles. The van der Waals surface area contributed by atoms with Crippen molar-refractivity contribution >= 4 is 16.8 Å². The van der Waals surface area contributed by atoms with Crippen LogP contribution in [0.2, 0.25) is 0 Å². The van der Waals surface area contributed by atoms with E-state index in [4.69, 9.17) is 9.26 Å². The lowest BCUT2D eigenvalue weighted by atomic mass is 10.1. The lowest BCUT2D eigenvalue weighted by Crippen LogP contribution is -2.41. The fraction of sp³-hybridized carbons (Fsp3) is 0.208. The highest BCUT2D eigenvalue weighted by Gasteiger charge is 2.27. The first-order chi connectivity index (χ1) is 14.8. The van der Waals surface area contributed by atoms with Crippen LogP contribution in [0.25, 0.3) is 22.2 Å². The second-order valence-corrected chi connectivity index (χ2v) is 7.38. The third-order valence-electron chi connectivity index (χ3n) is 5.41. The summed E-state index contributed by atoms with van der Waals surface area (Å²) < 4.78 is 11.6. The van der Waals surface area contributed by atoms with E-state index in [9.17, 15) is 4.79 Å². The van der Waals surface area contributed by atoms with Crippen LogP contribution in [0, 0.1) is 0 Å². The van der Waals surface area contributed by atoms with Crippen molar-refractivity contribution in [3.05, 3.63) is 78.6 Å². The number of ether oxygens (including phenoxy) is 1. The largest absolute Gasteiger partial charge is 0.488 e. The number of hydrogen-bond donors (Lipinski definition) is 0. The van der Waals surface area contributed by atoms with Gasteiger partial charge in [-0.15, -0.1) is 0 Å². The number of hydrogen-bond acceptors (Lipinski definition) is 5. The van der Waals surface area contributed by atoms with Gasteiger partial charge >= 0.3 is 0 Å². The van der Waals surface area contributed by atoms with Crippen molar-refractivity contribution in [1.82, 2.24) is 15.0 Å². The van der Waals surface area contributed by atoms with Crippen LogP contribution in [-0.2, 0) is 0 Å². The van der Waals surface area contributed by atoms with E-state index in [1.807, 2.05) is 65.6 Å². The quantitative estimate of drug-likeness (QED) is 0.503. The number of carbonyl (C=O) groups excluding carboxylic acids is 1. The van der Waals surface area contributed by atoms with Gasteiger partial charge in [-0.05, 0) is 12.1 Å². The second-order valence-electron chi connectivity index (χ2n) is 7.38. The summed E-state index contributed by atoms with van der Waals surface area (Å²) in [5.74, 6) is 1.29. The van der Waals surface area contributed by atoms with E-state index >= 15 is 0 Å². The van der Waals surface area contributed by atoms with Gasteiger partial charge in [0, 0.05) is 49.1 Å². The van der Waals surface area contributed by atoms with Gasteiger partial charge in [-0.3, -0.25) is 9.78 Å². The molecule has 1 aliphatic rings. The molecule has 1 amide bonds. The van der Waals surface area contributed by atoms with Gasteiger partial charge in [0.2, 0.25) is 0 Å². The van der Waals surface area contributed by atoms with Crippen LogP contribution in [0.4, 0.5) is 0 Å². The number of pyridine rings is 1. The zero-order valence-electron chi connectivity index (χ0n) is 16.4. The predicted octanol–water partition coefficient (Wildman–Crippen LogP) is 4.57. The molecular formula is C24H21N3O3. The number of aromatic nitrogens is 2. The molecule has 0 spiro atoms. The van der Waals surface area contributed by atoms with E-state index in [0.29, 0.717) is 24.5 Å². The van der Waals surface area contributed by atoms with E-state index in [-0.39, 0.29) is 12.0 Å². The zero-order valence-corrected chi connectivity index (χ0v) is 16.4. The van der Waals surface area contributed by atoms with Gasteiger partial charge in [0.15, 0.2) is 11.5 Å². The first kappa shape index (κ1) is 18.4. The van der Waals surface area contributed by atoms with Gasteiger partial charge in [-0.2, -0.15) is 0 Å². The van der Waals surface area contributed by atoms with E-state index in [1.54, 1.807) is 12.3 Å². The third-order valence-corrected chi connectivity index (χ3v) is 5.41. The average Bonchev–Trinajstić information content (AvgIpc) is 3.30. The van der Waals surface area contributed by atoms with Crippen molar-refractivity contribution in [2.45, 2.75) is 18.9 Å². The summed E-state index contributed by atoms with van der Waals surface area (Å²) in [5, 5.41) is 5.04. The molecule has 1 saturated heterocycles. The minimum atomic E-state index is -0.105. The van der Waals surface area contributed by atoms with Crippen LogP contribution in [0.3, 0.4) is 0 Å². The average molecular weight is 399 g/mol. The highest BCUT2D eigenvalue weighted by atomic mass is 16.5. The SMILES string of the molecule is O=C(c1cc(-c2ccccc2)on1)N1CCC(Oc2cccc3cccnc23)CC1. The molecule has 0 saturated carbocycles. The molecule has 0 bridgehead atoms. The highest BCUT2D eigenvalue weighted by molar-refractivity contribution is 5.93. The Balaban J connectivity index is 1.23. The molecule has 0 atom stereocenters. The Morgan fingerprint density at radius 2 is 1.80 bits per heavy atom. The Bertz CT molecular complexity index is 1160. The fourth-order valence-electron chi connectivity index (χ4n) is 3.80. The summed E-state index contributed by atoms with van der Waals surface area (Å²) in [6, 6.07) is 21.3. The molecule has 0 aliphatic carbocycles. The Kier molecular flexibility index (Phi) is 4.89. The lowest BCUT2D eigenvalue weighted by Gasteiger charge is -2.31. The summed E-state index contributed by atoms with van der Waals surface area (Å²) in [6.45, 7) is 1.24. The highest BCUT2D eigenvalue weighted by Crippen LogP contribution is 2.27. The number of benzene rings is 2. The molecule has 30 heavy (non-hydrogen) atoms. The van der Waals surface area contributed by atoms with Crippen molar-refractivity contribution in [2.75, 3.05) is 13.1 Å². The summed E-state index contributed by atoms with van der Waals surface area (Å²) in [7, 11) is 0. The maximum Gasteiger partial charge on any atom is 0.276 e. The summed E-state index contributed by atoms with van der Waals surface area (Å²) in [4.78, 5) is 19.1. The van der Waals surface area contributed by atoms with Gasteiger partial charge in [0.1, 0.15) is 17.4 Å². The van der Waals surface area contributed by atoms with Crippen molar-refractivity contribution in [3.63, 3.8) is 0 Å². The lowest BCUT2D eigenvalue weighted by molar-refractivity contribution is 0.0588. The van der Waals surface area contributed by atoms with Gasteiger partial charge in [-0.1, -0.05) is 53.7 Å². The molecule has 6 nitrogen and oxygen atoms in total. The van der Waals surface area contributed by atoms with Crippen molar-refractivity contribution in [1.29, 1.82) is 0 Å². The van der Waals surface area contributed by atoms with Gasteiger partial charge in [-0.25, -0.2) is 0 Å². The van der Waals surface area contributed by atoms with Crippen LogP contribution in [0.15, 0.2) is 77.4 Å². The van der Waals surface area contributed by atoms with Crippen LogP contribution >= 0.6 is 0 Å². The van der Waals surface area contributed by atoms with Crippen molar-refractivity contribution in [2.24, 2.45) is 0 Å². The molecule has 0 unspecified atom stereocenters. The van der Waals surface area contributed by atoms with E-state index in [2.05, 4.69) is 10.1 Å². The second kappa shape index (κ2) is 7.99. The first-order valence-corrected chi connectivity index (χ1v) is 10.1. The van der Waals surface area contributed by atoms with Crippen LogP contribution in [-0.4, -0.2) is 40.1 Å². The maximum absolute atomic E-state index is 12.8. The first-order valence-electron chi connectivity index (χ1n) is 10.1. The molecule has 0 N–H and O–H groups in total. The molecule has 6 heteroatoms. The molecule has 1 aliphatic heterocycles. The minimum absolute atomic E-state index is 0.0545. The van der Waals surface area contributed by atoms with Gasteiger partial charge < -0.3 is 14.2 Å². The summed E-state index contributed by atoms with van der Waals surface area (Å²) >= 11 is 0. The predicted molar refractivity (Wildman–Crippen MR) is 113 cm³/mol. The number of amides is 1. The molecule has 5 rings (SSSR count). The number of nitrogens with zero attached hydrogens (tertiary/aromatic N) is 3. The number of likely N-dealkylation sites (tertiary alicyclic amines) is 1. The summed E-state index contributed by atoms with van der Waals surface area (Å²) in [5.41, 5.74) is 2.11. The van der Waals surface area contributed by atoms with Gasteiger partial charge in [0.25, 0.3) is 5.91 Å². The van der Waals surface area contributed by atoms with Crippen molar-refractivity contribution < 1.29 is 14.1 Å². The van der Waals surface area contributed by atoms with Crippen molar-refractivity contribution in [3.8, 4) is 17.1 Å². The van der Waals surface area contributed by atoms with Crippen LogP contribution in [0.5, 0.6) is 5.75 Å². The Morgan fingerprint density at radius 3 is 2.63 bits per heavy atom. The molecule has 2 aromatic heterocycles. The number of rotatable bonds is 4. The number of fused-ring (bicyclic) bond motifs is 1. The fourth-order valence-corrected chi connectivity index (χ4v) is 3.80. The molecule has 150 valence electrons. The van der Waals surface area contributed by atoms with E-state index < -0.39 is 0 Å². The normalized spacial score (nSPS) is 14.7. The van der Waals surface area contributed by atoms with Crippen LogP contribution in [0.1, 0.15) is 23.3 Å². The Labute approximate surface area is 174 Å². The Hall–Kier alpha value is -3.67. The molecule has 4 aromatic rings. The molecular weight excluding hydrogens is 378 g/mol. The number of carbonyl (C=O) groups is 1. The van der Waals surface area contributed by atoms with E-state index in [0.717, 1.165) is 35.1 Å². The van der Waals surface area contributed by atoms with Gasteiger partial charge in [0.05, 0.1) is 0 Å². The monoisotopic (exact) mass is 399 g/mol. The molecule has 1 fully saturated rings. The minimum Gasteiger partial charge on any atom is -0.488 e. The maximum atomic E-state index is 12.8. The third kappa shape index (κ3) is 3.64. The smallest absolute Gasteiger partial charge is 0.276 e. The molecule has 0 radical (unpaired) electrons. The van der Waals surface area contributed by atoms with E-state index in [1.165, 1.54) is 0 Å².